The zero-order valence-electron chi connectivity index (χ0n) is 15.5. The Balaban J connectivity index is 1.66. The van der Waals surface area contributed by atoms with Gasteiger partial charge in [-0.15, -0.1) is 11.3 Å². The van der Waals surface area contributed by atoms with Crippen molar-refractivity contribution in [3.8, 4) is 33.1 Å². The van der Waals surface area contributed by atoms with Crippen molar-refractivity contribution in [2.75, 3.05) is 5.73 Å². The minimum atomic E-state index is 0.764. The molecule has 5 rings (SSSR count). The molecule has 0 fully saturated rings. The van der Waals surface area contributed by atoms with Crippen LogP contribution in [0.1, 0.15) is 0 Å². The fourth-order valence-corrected chi connectivity index (χ4v) is 4.95. The Morgan fingerprint density at radius 2 is 1.52 bits per heavy atom. The Morgan fingerprint density at radius 1 is 0.759 bits per heavy atom. The molecule has 0 amide bonds. The van der Waals surface area contributed by atoms with Crippen LogP contribution in [0.4, 0.5) is 5.69 Å². The summed E-state index contributed by atoms with van der Waals surface area (Å²) in [5.41, 5.74) is 10.3. The number of nitrogen functional groups attached to an aromatic ring is 1. The summed E-state index contributed by atoms with van der Waals surface area (Å²) in [6.07, 6.45) is 0. The van der Waals surface area contributed by atoms with E-state index in [0.717, 1.165) is 36.8 Å². The van der Waals surface area contributed by atoms with Gasteiger partial charge < -0.3 is 10.5 Å². The number of rotatable bonds is 3. The van der Waals surface area contributed by atoms with Gasteiger partial charge in [0.2, 0.25) is 0 Å². The quantitative estimate of drug-likeness (QED) is 0.187. The maximum absolute atomic E-state index is 6.05. The van der Waals surface area contributed by atoms with Crippen LogP contribution >= 0.6 is 23.6 Å². The molecule has 0 spiro atoms. The van der Waals surface area contributed by atoms with Crippen molar-refractivity contribution in [1.29, 1.82) is 0 Å². The molecule has 3 aromatic rings. The molecule has 0 unspecified atom stereocenters. The molecule has 2 aliphatic rings. The van der Waals surface area contributed by atoms with Gasteiger partial charge in [0.05, 0.1) is 0 Å². The van der Waals surface area contributed by atoms with E-state index in [9.17, 15) is 0 Å². The van der Waals surface area contributed by atoms with Gasteiger partial charge in [-0.2, -0.15) is 0 Å². The summed E-state index contributed by atoms with van der Waals surface area (Å²) in [4.78, 5) is 1.16. The van der Waals surface area contributed by atoms with Gasteiger partial charge >= 0.3 is 0 Å². The first-order chi connectivity index (χ1) is 14.2. The largest absolute Gasteiger partial charge is 0.457 e. The van der Waals surface area contributed by atoms with Gasteiger partial charge in [0.1, 0.15) is 11.5 Å². The molecule has 2 N–H and O–H groups in total. The standard InChI is InChI=1S/C25H17NOS2/c26-17-8-12-21-23(14-17)29-24-15-20(28)11-13-22(24)25(21)16-6-9-19(10-7-16)27-18-4-2-1-3-5-18/h1-15H,26H2. The highest BCUT2D eigenvalue weighted by molar-refractivity contribution is 7.71. The molecular weight excluding hydrogens is 394 g/mol. The molecule has 0 radical (unpaired) electrons. The van der Waals surface area contributed by atoms with E-state index in [4.69, 9.17) is 22.7 Å². The number of hydrogen-bond acceptors (Lipinski definition) is 4. The van der Waals surface area contributed by atoms with Gasteiger partial charge in [-0.1, -0.05) is 54.7 Å². The molecule has 0 saturated carbocycles. The summed E-state index contributed by atoms with van der Waals surface area (Å²) >= 11 is 7.11. The highest BCUT2D eigenvalue weighted by Crippen LogP contribution is 2.44. The van der Waals surface area contributed by atoms with E-state index in [2.05, 4.69) is 30.3 Å². The van der Waals surface area contributed by atoms with Crippen molar-refractivity contribution >= 4 is 39.3 Å². The van der Waals surface area contributed by atoms with E-state index in [1.165, 1.54) is 16.5 Å². The lowest BCUT2D eigenvalue weighted by Crippen LogP contribution is -1.91. The zero-order valence-corrected chi connectivity index (χ0v) is 17.1. The van der Waals surface area contributed by atoms with Gasteiger partial charge in [-0.3, -0.25) is 0 Å². The lowest BCUT2D eigenvalue weighted by atomic mass is 9.95. The van der Waals surface area contributed by atoms with Gasteiger partial charge in [-0.05, 0) is 59.7 Å². The van der Waals surface area contributed by atoms with Crippen LogP contribution in [0.2, 0.25) is 0 Å². The highest BCUT2D eigenvalue weighted by atomic mass is 32.1. The Kier molecular flexibility index (Phi) is 4.51. The third-order valence-corrected chi connectivity index (χ3v) is 6.21. The second-order valence-corrected chi connectivity index (χ2v) is 8.39. The van der Waals surface area contributed by atoms with Crippen molar-refractivity contribution in [3.63, 3.8) is 0 Å². The van der Waals surface area contributed by atoms with Crippen LogP contribution in [0, 0.1) is 4.51 Å². The molecule has 2 nitrogen and oxygen atoms in total. The second-order valence-electron chi connectivity index (χ2n) is 6.83. The molecule has 1 aliphatic heterocycles. The van der Waals surface area contributed by atoms with E-state index < -0.39 is 0 Å². The Bertz CT molecular complexity index is 1340. The minimum absolute atomic E-state index is 0.764. The van der Waals surface area contributed by atoms with E-state index in [1.54, 1.807) is 11.3 Å². The molecular formula is C25H17NOS2. The van der Waals surface area contributed by atoms with E-state index >= 15 is 0 Å². The van der Waals surface area contributed by atoms with Crippen LogP contribution in [0.25, 0.3) is 31.7 Å². The van der Waals surface area contributed by atoms with Crippen molar-refractivity contribution in [2.45, 2.75) is 0 Å². The maximum atomic E-state index is 6.05. The first kappa shape index (κ1) is 17.9. The number of nitrogens with two attached hydrogens (primary N) is 1. The van der Waals surface area contributed by atoms with Gasteiger partial charge in [0.25, 0.3) is 0 Å². The number of hydrogen-bond donors (Lipinski definition) is 1. The fourth-order valence-electron chi connectivity index (χ4n) is 3.51. The molecule has 3 aromatic carbocycles. The summed E-state index contributed by atoms with van der Waals surface area (Å²) in [5, 5.41) is 1.19. The third kappa shape index (κ3) is 3.48. The van der Waals surface area contributed by atoms with E-state index in [0.29, 0.717) is 0 Å². The molecule has 140 valence electrons. The van der Waals surface area contributed by atoms with Crippen LogP contribution < -0.4 is 10.5 Å². The average molecular weight is 412 g/mol. The van der Waals surface area contributed by atoms with Crippen LogP contribution in [-0.4, -0.2) is 0 Å². The van der Waals surface area contributed by atoms with Gasteiger partial charge in [-0.25, -0.2) is 0 Å². The number of para-hydroxylation sites is 1. The fraction of sp³-hybridized carbons (Fsp3) is 0. The predicted octanol–water partition coefficient (Wildman–Crippen LogP) is 7.78. The van der Waals surface area contributed by atoms with Crippen molar-refractivity contribution in [1.82, 2.24) is 0 Å². The lowest BCUT2D eigenvalue weighted by molar-refractivity contribution is 0.483. The van der Waals surface area contributed by atoms with Crippen LogP contribution in [0.3, 0.4) is 0 Å². The van der Waals surface area contributed by atoms with Gasteiger partial charge in [0.15, 0.2) is 0 Å². The van der Waals surface area contributed by atoms with Gasteiger partial charge in [0, 0.05) is 30.7 Å². The Labute approximate surface area is 178 Å². The van der Waals surface area contributed by atoms with E-state index in [-0.39, 0.29) is 0 Å². The molecule has 1 aliphatic carbocycles. The monoisotopic (exact) mass is 411 g/mol. The second kappa shape index (κ2) is 7.32. The minimum Gasteiger partial charge on any atom is -0.457 e. The van der Waals surface area contributed by atoms with Crippen LogP contribution in [-0.2, 0) is 0 Å². The summed E-state index contributed by atoms with van der Waals surface area (Å²) in [6.45, 7) is 0. The topological polar surface area (TPSA) is 35.2 Å². The lowest BCUT2D eigenvalue weighted by Gasteiger charge is -2.16. The predicted molar refractivity (Wildman–Crippen MR) is 126 cm³/mol. The summed E-state index contributed by atoms with van der Waals surface area (Å²) in [7, 11) is 0. The molecule has 0 bridgehead atoms. The van der Waals surface area contributed by atoms with E-state index in [1.807, 2.05) is 60.7 Å². The molecule has 1 heterocycles. The number of anilines is 1. The Morgan fingerprint density at radius 3 is 2.31 bits per heavy atom. The molecule has 0 saturated heterocycles. The van der Waals surface area contributed by atoms with Crippen LogP contribution in [0.5, 0.6) is 11.5 Å². The van der Waals surface area contributed by atoms with Crippen LogP contribution in [0.15, 0.2) is 91.0 Å². The Hall–Kier alpha value is -3.21. The molecule has 0 atom stereocenters. The SMILES string of the molecule is Nc1ccc2c(-c3ccc(Oc4ccccc4)cc3)c3ccc(=S)cc-3sc2c1. The van der Waals surface area contributed by atoms with Crippen molar-refractivity contribution in [3.05, 3.63) is 95.5 Å². The molecule has 29 heavy (non-hydrogen) atoms. The third-order valence-electron chi connectivity index (χ3n) is 4.84. The smallest absolute Gasteiger partial charge is 0.127 e. The molecule has 4 heteroatoms. The average Bonchev–Trinajstić information content (AvgIpc) is 2.73. The van der Waals surface area contributed by atoms with Crippen molar-refractivity contribution < 1.29 is 4.74 Å². The number of fused-ring (bicyclic) bond motifs is 2. The van der Waals surface area contributed by atoms with Crippen molar-refractivity contribution in [2.24, 2.45) is 0 Å². The number of ether oxygens (including phenoxy) is 1. The normalized spacial score (nSPS) is 11.0. The highest BCUT2D eigenvalue weighted by Gasteiger charge is 2.15. The number of benzene rings is 4. The summed E-state index contributed by atoms with van der Waals surface area (Å²) < 4.78 is 7.94. The zero-order chi connectivity index (χ0) is 19.8. The first-order valence-corrected chi connectivity index (χ1v) is 10.5. The summed E-state index contributed by atoms with van der Waals surface area (Å²) in [6, 6.07) is 30.3. The summed E-state index contributed by atoms with van der Waals surface area (Å²) in [5.74, 6) is 1.63. The maximum Gasteiger partial charge on any atom is 0.127 e. The first-order valence-electron chi connectivity index (χ1n) is 9.27. The molecule has 0 aromatic heterocycles.